The van der Waals surface area contributed by atoms with Crippen LogP contribution in [0.1, 0.15) is 11.3 Å². The summed E-state index contributed by atoms with van der Waals surface area (Å²) < 4.78 is 19.4. The van der Waals surface area contributed by atoms with Crippen LogP contribution in [0.4, 0.5) is 0 Å². The van der Waals surface area contributed by atoms with Crippen molar-refractivity contribution in [2.75, 3.05) is 6.26 Å². The van der Waals surface area contributed by atoms with Gasteiger partial charge < -0.3 is 0 Å². The van der Waals surface area contributed by atoms with Crippen LogP contribution in [-0.4, -0.2) is 15.4 Å². The van der Waals surface area contributed by atoms with Crippen LogP contribution in [0.3, 0.4) is 0 Å². The summed E-state index contributed by atoms with van der Waals surface area (Å²) in [6, 6.07) is 3.74. The summed E-state index contributed by atoms with van der Waals surface area (Å²) >= 11 is 2.12. The summed E-state index contributed by atoms with van der Waals surface area (Å²) in [7, 11) is -2.44. The Morgan fingerprint density at radius 3 is 2.69 bits per heavy atom. The van der Waals surface area contributed by atoms with Gasteiger partial charge in [0.05, 0.1) is 5.75 Å². The molecule has 1 aromatic rings. The minimum atomic E-state index is -2.44. The Kier molecular flexibility index (Phi) is 3.28. The van der Waals surface area contributed by atoms with E-state index in [4.69, 9.17) is 4.78 Å². The van der Waals surface area contributed by atoms with Gasteiger partial charge in [-0.25, -0.2) is 9.19 Å². The van der Waals surface area contributed by atoms with Crippen LogP contribution in [0, 0.1) is 15.4 Å². The molecule has 0 aromatic carbocycles. The zero-order valence-electron chi connectivity index (χ0n) is 7.50. The van der Waals surface area contributed by atoms with Crippen LogP contribution >= 0.6 is 22.6 Å². The Labute approximate surface area is 92.1 Å². The van der Waals surface area contributed by atoms with Gasteiger partial charge in [-0.1, -0.05) is 0 Å². The second-order valence-corrected chi connectivity index (χ2v) is 6.49. The van der Waals surface area contributed by atoms with Crippen molar-refractivity contribution < 1.29 is 4.21 Å². The van der Waals surface area contributed by atoms with Gasteiger partial charge in [-0.2, -0.15) is 0 Å². The molecule has 72 valence electrons. The molecule has 1 N–H and O–H groups in total. The van der Waals surface area contributed by atoms with E-state index >= 15 is 0 Å². The molecule has 0 spiro atoms. The van der Waals surface area contributed by atoms with Gasteiger partial charge in [-0.15, -0.1) is 0 Å². The summed E-state index contributed by atoms with van der Waals surface area (Å²) in [4.78, 5) is 4.20. The van der Waals surface area contributed by atoms with Gasteiger partial charge in [0.2, 0.25) is 0 Å². The van der Waals surface area contributed by atoms with E-state index in [1.54, 1.807) is 0 Å². The predicted molar refractivity (Wildman–Crippen MR) is 62.2 cm³/mol. The highest BCUT2D eigenvalue weighted by molar-refractivity contribution is 14.1. The number of halogens is 1. The van der Waals surface area contributed by atoms with Gasteiger partial charge in [0.15, 0.2) is 0 Å². The molecule has 0 saturated carbocycles. The first kappa shape index (κ1) is 10.9. The Balaban J connectivity index is 3.03. The van der Waals surface area contributed by atoms with E-state index in [2.05, 4.69) is 27.6 Å². The summed E-state index contributed by atoms with van der Waals surface area (Å²) in [5.74, 6) is 0.312. The van der Waals surface area contributed by atoms with Gasteiger partial charge in [0.25, 0.3) is 0 Å². The first-order valence-corrected chi connectivity index (χ1v) is 6.93. The summed E-state index contributed by atoms with van der Waals surface area (Å²) in [5, 5.41) is 0. The third-order valence-corrected chi connectivity index (χ3v) is 2.86. The Morgan fingerprint density at radius 2 is 2.23 bits per heavy atom. The van der Waals surface area contributed by atoms with Gasteiger partial charge in [0.1, 0.15) is 3.70 Å². The van der Waals surface area contributed by atoms with Gasteiger partial charge in [-0.05, 0) is 47.2 Å². The van der Waals surface area contributed by atoms with E-state index < -0.39 is 9.73 Å². The number of nitrogens with one attached hydrogen (secondary N) is 1. The first-order chi connectivity index (χ1) is 5.87. The summed E-state index contributed by atoms with van der Waals surface area (Å²) in [6.07, 6.45) is 1.45. The standard InChI is InChI=1S/C8H11IN2OS/c1-6-3-7(4-8(9)11-6)5-13(2,10)12/h3-4,10H,5H2,1-2H3. The second kappa shape index (κ2) is 3.91. The van der Waals surface area contributed by atoms with E-state index in [0.717, 1.165) is 15.0 Å². The lowest BCUT2D eigenvalue weighted by molar-refractivity contribution is 0.678. The molecule has 0 aliphatic carbocycles. The molecule has 1 unspecified atom stereocenters. The van der Waals surface area contributed by atoms with Crippen molar-refractivity contribution in [3.8, 4) is 0 Å². The van der Waals surface area contributed by atoms with Gasteiger partial charge in [0, 0.05) is 21.7 Å². The number of nitrogens with zero attached hydrogens (tertiary/aromatic N) is 1. The highest BCUT2D eigenvalue weighted by atomic mass is 127. The molecule has 0 aliphatic heterocycles. The minimum absolute atomic E-state index is 0.312. The minimum Gasteiger partial charge on any atom is -0.253 e. The average Bonchev–Trinajstić information content (AvgIpc) is 1.78. The molecular weight excluding hydrogens is 299 g/mol. The molecule has 0 bridgehead atoms. The summed E-state index contributed by atoms with van der Waals surface area (Å²) in [5.41, 5.74) is 1.84. The Bertz CT molecular complexity index is 394. The Hall–Kier alpha value is -0.170. The van der Waals surface area contributed by atoms with Crippen molar-refractivity contribution in [3.63, 3.8) is 0 Å². The van der Waals surface area contributed by atoms with E-state index in [0.29, 0.717) is 5.75 Å². The molecule has 13 heavy (non-hydrogen) atoms. The van der Waals surface area contributed by atoms with Crippen molar-refractivity contribution >= 4 is 32.3 Å². The van der Waals surface area contributed by atoms with E-state index in [1.807, 2.05) is 19.1 Å². The molecule has 0 aliphatic rings. The second-order valence-electron chi connectivity index (χ2n) is 3.09. The topological polar surface area (TPSA) is 53.8 Å². The third-order valence-electron chi connectivity index (χ3n) is 1.42. The van der Waals surface area contributed by atoms with Crippen LogP contribution in [-0.2, 0) is 15.5 Å². The number of pyridine rings is 1. The molecule has 1 atom stereocenters. The van der Waals surface area contributed by atoms with E-state index in [1.165, 1.54) is 6.26 Å². The average molecular weight is 310 g/mol. The molecule has 1 heterocycles. The predicted octanol–water partition coefficient (Wildman–Crippen LogP) is 2.17. The highest BCUT2D eigenvalue weighted by Gasteiger charge is 2.03. The molecule has 0 radical (unpaired) electrons. The zero-order chi connectivity index (χ0) is 10.1. The SMILES string of the molecule is Cc1cc(CS(C)(=N)=O)cc(I)n1. The van der Waals surface area contributed by atoms with E-state index in [9.17, 15) is 4.21 Å². The van der Waals surface area contributed by atoms with Crippen LogP contribution < -0.4 is 0 Å². The summed E-state index contributed by atoms with van der Waals surface area (Å²) in [6.45, 7) is 1.90. The lowest BCUT2D eigenvalue weighted by atomic mass is 10.2. The smallest absolute Gasteiger partial charge is 0.101 e. The largest absolute Gasteiger partial charge is 0.253 e. The molecule has 0 saturated heterocycles. The lowest BCUT2D eigenvalue weighted by Crippen LogP contribution is -2.00. The molecule has 1 aromatic heterocycles. The number of hydrogen-bond acceptors (Lipinski definition) is 3. The normalized spacial score (nSPS) is 15.3. The lowest BCUT2D eigenvalue weighted by Gasteiger charge is -2.03. The van der Waals surface area contributed by atoms with Crippen molar-refractivity contribution in [1.82, 2.24) is 4.98 Å². The van der Waals surface area contributed by atoms with Crippen molar-refractivity contribution in [2.45, 2.75) is 12.7 Å². The fourth-order valence-electron chi connectivity index (χ4n) is 1.10. The van der Waals surface area contributed by atoms with E-state index in [-0.39, 0.29) is 0 Å². The molecule has 0 amide bonds. The van der Waals surface area contributed by atoms with Gasteiger partial charge >= 0.3 is 0 Å². The molecule has 1 rings (SSSR count). The first-order valence-electron chi connectivity index (χ1n) is 3.71. The number of aromatic nitrogens is 1. The van der Waals surface area contributed by atoms with Crippen LogP contribution in [0.15, 0.2) is 12.1 Å². The molecule has 0 fully saturated rings. The quantitative estimate of drug-likeness (QED) is 0.672. The fourth-order valence-corrected chi connectivity index (χ4v) is 2.68. The third kappa shape index (κ3) is 4.04. The maximum absolute atomic E-state index is 11.2. The zero-order valence-corrected chi connectivity index (χ0v) is 10.5. The fraction of sp³-hybridized carbons (Fsp3) is 0.375. The Morgan fingerprint density at radius 1 is 1.62 bits per heavy atom. The monoisotopic (exact) mass is 310 g/mol. The van der Waals surface area contributed by atoms with Crippen LogP contribution in [0.5, 0.6) is 0 Å². The van der Waals surface area contributed by atoms with Crippen molar-refractivity contribution in [3.05, 3.63) is 27.1 Å². The van der Waals surface area contributed by atoms with Gasteiger partial charge in [-0.3, -0.25) is 4.78 Å². The maximum Gasteiger partial charge on any atom is 0.101 e. The molecule has 3 nitrogen and oxygen atoms in total. The molecule has 5 heteroatoms. The maximum atomic E-state index is 11.2. The molecular formula is C8H11IN2OS. The van der Waals surface area contributed by atoms with Crippen molar-refractivity contribution in [1.29, 1.82) is 4.78 Å². The van der Waals surface area contributed by atoms with Crippen molar-refractivity contribution in [2.24, 2.45) is 0 Å². The van der Waals surface area contributed by atoms with Crippen LogP contribution in [0.25, 0.3) is 0 Å². The number of aryl methyl sites for hydroxylation is 1. The number of rotatable bonds is 2. The van der Waals surface area contributed by atoms with Crippen LogP contribution in [0.2, 0.25) is 0 Å². The number of hydrogen-bond donors (Lipinski definition) is 1. The highest BCUT2D eigenvalue weighted by Crippen LogP contribution is 2.10.